The van der Waals surface area contributed by atoms with E-state index in [1.54, 1.807) is 15.6 Å². The van der Waals surface area contributed by atoms with Gasteiger partial charge in [0.1, 0.15) is 0 Å². The van der Waals surface area contributed by atoms with E-state index in [1.165, 1.54) is 0 Å². The molecule has 1 N–H and O–H groups in total. The summed E-state index contributed by atoms with van der Waals surface area (Å²) < 4.78 is 1.69. The van der Waals surface area contributed by atoms with Crippen LogP contribution in [0.5, 0.6) is 0 Å². The highest BCUT2D eigenvalue weighted by atomic mass is 16.4. The van der Waals surface area contributed by atoms with Crippen molar-refractivity contribution < 1.29 is 14.7 Å². The van der Waals surface area contributed by atoms with Gasteiger partial charge in [0.05, 0.1) is 0 Å². The molecule has 0 aliphatic carbocycles. The smallest absolute Gasteiger partial charge is 0.303 e. The molecular weight excluding hydrogens is 258 g/mol. The van der Waals surface area contributed by atoms with E-state index in [1.807, 2.05) is 14.0 Å². The zero-order valence-corrected chi connectivity index (χ0v) is 12.0. The van der Waals surface area contributed by atoms with Gasteiger partial charge in [-0.1, -0.05) is 0 Å². The number of hydrogen-bond acceptors (Lipinski definition) is 3. The van der Waals surface area contributed by atoms with Crippen molar-refractivity contribution in [2.75, 3.05) is 13.1 Å². The normalized spacial score (nSPS) is 19.1. The van der Waals surface area contributed by atoms with Crippen LogP contribution in [0.4, 0.5) is 0 Å². The average molecular weight is 279 g/mol. The first-order valence-electron chi connectivity index (χ1n) is 6.99. The van der Waals surface area contributed by atoms with Crippen molar-refractivity contribution in [2.24, 2.45) is 13.0 Å². The fraction of sp³-hybridized carbons (Fsp3) is 0.643. The predicted molar refractivity (Wildman–Crippen MR) is 73.4 cm³/mol. The highest BCUT2D eigenvalue weighted by molar-refractivity contribution is 5.92. The third-order valence-electron chi connectivity index (χ3n) is 3.91. The maximum Gasteiger partial charge on any atom is 0.303 e. The van der Waals surface area contributed by atoms with Gasteiger partial charge in [0.25, 0.3) is 5.91 Å². The van der Waals surface area contributed by atoms with Crippen molar-refractivity contribution >= 4 is 11.9 Å². The minimum atomic E-state index is -0.770. The molecule has 110 valence electrons. The summed E-state index contributed by atoms with van der Waals surface area (Å²) >= 11 is 0. The van der Waals surface area contributed by atoms with Crippen molar-refractivity contribution in [3.05, 3.63) is 17.5 Å². The fourth-order valence-corrected chi connectivity index (χ4v) is 2.64. The molecule has 6 heteroatoms. The molecule has 1 aromatic heterocycles. The van der Waals surface area contributed by atoms with Gasteiger partial charge in [0.2, 0.25) is 0 Å². The Morgan fingerprint density at radius 3 is 2.85 bits per heavy atom. The summed E-state index contributed by atoms with van der Waals surface area (Å²) in [5.41, 5.74) is 1.43. The van der Waals surface area contributed by atoms with Gasteiger partial charge in [-0.3, -0.25) is 14.3 Å². The Hall–Kier alpha value is -1.85. The van der Waals surface area contributed by atoms with Gasteiger partial charge in [-0.05, 0) is 38.2 Å². The third kappa shape index (κ3) is 3.37. The SMILES string of the molecule is Cc1cc(C(=O)N2CCCC(CCC(=O)O)C2)nn1C. The number of aliphatic carboxylic acids is 1. The molecule has 2 rings (SSSR count). The Bertz CT molecular complexity index is 490. The van der Waals surface area contributed by atoms with Crippen LogP contribution in [0.2, 0.25) is 0 Å². The Kier molecular flexibility index (Phi) is 4.42. The van der Waals surface area contributed by atoms with Crippen LogP contribution in [-0.4, -0.2) is 44.8 Å². The lowest BCUT2D eigenvalue weighted by atomic mass is 9.93. The maximum absolute atomic E-state index is 12.4. The van der Waals surface area contributed by atoms with Crippen LogP contribution in [0.15, 0.2) is 6.07 Å². The van der Waals surface area contributed by atoms with Gasteiger partial charge in [-0.15, -0.1) is 0 Å². The number of aryl methyl sites for hydroxylation is 2. The second kappa shape index (κ2) is 6.07. The first-order valence-corrected chi connectivity index (χ1v) is 6.99. The van der Waals surface area contributed by atoms with Crippen molar-refractivity contribution in [1.82, 2.24) is 14.7 Å². The lowest BCUT2D eigenvalue weighted by Crippen LogP contribution is -2.40. The number of hydrogen-bond donors (Lipinski definition) is 1. The van der Waals surface area contributed by atoms with Gasteiger partial charge in [0, 0.05) is 32.3 Å². The van der Waals surface area contributed by atoms with Crippen LogP contribution in [0.1, 0.15) is 41.9 Å². The predicted octanol–water partition coefficient (Wildman–Crippen LogP) is 1.45. The molecule has 1 atom stereocenters. The number of piperidine rings is 1. The minimum absolute atomic E-state index is 0.0475. The van der Waals surface area contributed by atoms with Crippen LogP contribution in [-0.2, 0) is 11.8 Å². The monoisotopic (exact) mass is 279 g/mol. The molecule has 6 nitrogen and oxygen atoms in total. The summed E-state index contributed by atoms with van der Waals surface area (Å²) in [6.07, 6.45) is 2.75. The summed E-state index contributed by atoms with van der Waals surface area (Å²) in [6, 6.07) is 1.79. The van der Waals surface area contributed by atoms with E-state index in [0.717, 1.165) is 25.1 Å². The quantitative estimate of drug-likeness (QED) is 0.905. The number of nitrogens with zero attached hydrogens (tertiary/aromatic N) is 3. The summed E-state index contributed by atoms with van der Waals surface area (Å²) in [5, 5.41) is 13.0. The number of aromatic nitrogens is 2. The third-order valence-corrected chi connectivity index (χ3v) is 3.91. The van der Waals surface area contributed by atoms with Crippen LogP contribution in [0.25, 0.3) is 0 Å². The number of amides is 1. The molecule has 1 unspecified atom stereocenters. The minimum Gasteiger partial charge on any atom is -0.481 e. The topological polar surface area (TPSA) is 75.4 Å². The summed E-state index contributed by atoms with van der Waals surface area (Å²) in [7, 11) is 1.82. The molecular formula is C14H21N3O3. The fourth-order valence-electron chi connectivity index (χ4n) is 2.64. The van der Waals surface area contributed by atoms with Gasteiger partial charge >= 0.3 is 5.97 Å². The van der Waals surface area contributed by atoms with E-state index in [2.05, 4.69) is 5.10 Å². The maximum atomic E-state index is 12.4. The largest absolute Gasteiger partial charge is 0.481 e. The molecule has 0 radical (unpaired) electrons. The van der Waals surface area contributed by atoms with Crippen LogP contribution < -0.4 is 0 Å². The van der Waals surface area contributed by atoms with Gasteiger partial charge in [-0.25, -0.2) is 0 Å². The summed E-state index contributed by atoms with van der Waals surface area (Å²) in [5.74, 6) is -0.531. The number of carbonyl (C=O) groups is 2. The molecule has 1 amide bonds. The number of carboxylic acids is 1. The number of carboxylic acid groups (broad SMARTS) is 1. The molecule has 0 bridgehead atoms. The molecule has 1 aromatic rings. The average Bonchev–Trinajstić information content (AvgIpc) is 2.76. The van der Waals surface area contributed by atoms with Crippen molar-refractivity contribution in [2.45, 2.75) is 32.6 Å². The molecule has 0 aromatic carbocycles. The van der Waals surface area contributed by atoms with E-state index in [4.69, 9.17) is 5.11 Å². The number of carbonyl (C=O) groups excluding carboxylic acids is 1. The van der Waals surface area contributed by atoms with Crippen molar-refractivity contribution in [1.29, 1.82) is 0 Å². The van der Waals surface area contributed by atoms with E-state index in [0.29, 0.717) is 18.7 Å². The molecule has 1 aliphatic rings. The zero-order chi connectivity index (χ0) is 14.7. The van der Waals surface area contributed by atoms with E-state index >= 15 is 0 Å². The summed E-state index contributed by atoms with van der Waals surface area (Å²) in [6.45, 7) is 3.29. The van der Waals surface area contributed by atoms with Crippen LogP contribution >= 0.6 is 0 Å². The van der Waals surface area contributed by atoms with Gasteiger partial charge in [-0.2, -0.15) is 5.10 Å². The highest BCUT2D eigenvalue weighted by Gasteiger charge is 2.26. The number of rotatable bonds is 4. The first-order chi connectivity index (χ1) is 9.47. The van der Waals surface area contributed by atoms with Crippen molar-refractivity contribution in [3.8, 4) is 0 Å². The highest BCUT2D eigenvalue weighted by Crippen LogP contribution is 2.22. The molecule has 1 aliphatic heterocycles. The Morgan fingerprint density at radius 2 is 2.25 bits per heavy atom. The van der Waals surface area contributed by atoms with Crippen molar-refractivity contribution in [3.63, 3.8) is 0 Å². The van der Waals surface area contributed by atoms with E-state index in [-0.39, 0.29) is 18.2 Å². The Labute approximate surface area is 118 Å². The van der Waals surface area contributed by atoms with E-state index < -0.39 is 5.97 Å². The van der Waals surface area contributed by atoms with Crippen LogP contribution in [0, 0.1) is 12.8 Å². The zero-order valence-electron chi connectivity index (χ0n) is 12.0. The second-order valence-electron chi connectivity index (χ2n) is 5.49. The molecule has 1 fully saturated rings. The van der Waals surface area contributed by atoms with Crippen LogP contribution in [0.3, 0.4) is 0 Å². The molecule has 0 saturated carbocycles. The Balaban J connectivity index is 1.97. The molecule has 2 heterocycles. The molecule has 1 saturated heterocycles. The first kappa shape index (κ1) is 14.6. The Morgan fingerprint density at radius 1 is 1.50 bits per heavy atom. The van der Waals surface area contributed by atoms with Gasteiger partial charge in [0.15, 0.2) is 5.69 Å². The standard InChI is InChI=1S/C14H21N3O3/c1-10-8-12(15-16(10)2)14(20)17-7-3-4-11(9-17)5-6-13(18)19/h8,11H,3-7,9H2,1-2H3,(H,18,19). The molecule has 20 heavy (non-hydrogen) atoms. The lowest BCUT2D eigenvalue weighted by Gasteiger charge is -2.32. The van der Waals surface area contributed by atoms with E-state index in [9.17, 15) is 9.59 Å². The second-order valence-corrected chi connectivity index (χ2v) is 5.49. The van der Waals surface area contributed by atoms with Gasteiger partial charge < -0.3 is 10.0 Å². The number of likely N-dealkylation sites (tertiary alicyclic amines) is 1. The molecule has 0 spiro atoms. The lowest BCUT2D eigenvalue weighted by molar-refractivity contribution is -0.137. The summed E-state index contributed by atoms with van der Waals surface area (Å²) in [4.78, 5) is 24.8.